The molecule has 2 heterocycles. The highest BCUT2D eigenvalue weighted by Crippen LogP contribution is 2.33. The number of benzene rings is 2. The highest BCUT2D eigenvalue weighted by molar-refractivity contribution is 5.90. The standard InChI is InChI=1S/C20H17FN4O2/c1-2-27-17-16-19(23-15-6-4-3-5-14(15)20(26)24-16)25(18(17)22)11-12-7-9-13(21)10-8-12/h3-10H,2,11,22H2,1H3. The lowest BCUT2D eigenvalue weighted by Crippen LogP contribution is -2.06. The molecule has 0 aliphatic carbocycles. The second-order valence-corrected chi connectivity index (χ2v) is 6.08. The Kier molecular flexibility index (Phi) is 4.19. The Bertz CT molecular complexity index is 1200. The Morgan fingerprint density at radius 2 is 1.85 bits per heavy atom. The van der Waals surface area contributed by atoms with Crippen molar-refractivity contribution in [1.82, 2.24) is 14.5 Å². The molecule has 0 aliphatic heterocycles. The van der Waals surface area contributed by atoms with Crippen molar-refractivity contribution in [2.24, 2.45) is 0 Å². The highest BCUT2D eigenvalue weighted by Gasteiger charge is 2.20. The topological polar surface area (TPSA) is 83.0 Å². The van der Waals surface area contributed by atoms with E-state index in [9.17, 15) is 9.18 Å². The van der Waals surface area contributed by atoms with Crippen molar-refractivity contribution >= 4 is 27.9 Å². The third kappa shape index (κ3) is 2.97. The molecule has 0 atom stereocenters. The Morgan fingerprint density at radius 1 is 1.11 bits per heavy atom. The van der Waals surface area contributed by atoms with Gasteiger partial charge in [0.25, 0.3) is 5.56 Å². The lowest BCUT2D eigenvalue weighted by molar-refractivity contribution is 0.344. The summed E-state index contributed by atoms with van der Waals surface area (Å²) in [5, 5.41) is 0.419. The van der Waals surface area contributed by atoms with Crippen LogP contribution in [0.3, 0.4) is 0 Å². The van der Waals surface area contributed by atoms with Gasteiger partial charge in [-0.25, -0.2) is 14.4 Å². The molecule has 0 bridgehead atoms. The number of fused-ring (bicyclic) bond motifs is 2. The maximum atomic E-state index is 13.2. The van der Waals surface area contributed by atoms with Gasteiger partial charge in [-0.15, -0.1) is 0 Å². The number of hydrogen-bond donors (Lipinski definition) is 1. The van der Waals surface area contributed by atoms with Crippen LogP contribution in [-0.2, 0) is 6.54 Å². The number of nitrogen functional groups attached to an aromatic ring is 1. The van der Waals surface area contributed by atoms with Crippen LogP contribution >= 0.6 is 0 Å². The molecule has 0 radical (unpaired) electrons. The molecule has 0 saturated heterocycles. The number of para-hydroxylation sites is 1. The second-order valence-electron chi connectivity index (χ2n) is 6.08. The van der Waals surface area contributed by atoms with E-state index in [4.69, 9.17) is 10.5 Å². The SMILES string of the molecule is CCOc1c(N)n(Cc2ccc(F)cc2)c2nc3ccccc3c(=O)nc12. The van der Waals surface area contributed by atoms with E-state index in [0.717, 1.165) is 5.56 Å². The quantitative estimate of drug-likeness (QED) is 0.602. The molecule has 2 N–H and O–H groups in total. The van der Waals surface area contributed by atoms with Gasteiger partial charge in [-0.05, 0) is 36.8 Å². The van der Waals surface area contributed by atoms with Crippen molar-refractivity contribution in [3.8, 4) is 5.75 Å². The lowest BCUT2D eigenvalue weighted by atomic mass is 10.2. The zero-order valence-electron chi connectivity index (χ0n) is 14.6. The van der Waals surface area contributed by atoms with E-state index in [2.05, 4.69) is 9.97 Å². The van der Waals surface area contributed by atoms with Crippen molar-refractivity contribution in [3.05, 3.63) is 70.3 Å². The van der Waals surface area contributed by atoms with Crippen molar-refractivity contribution in [3.63, 3.8) is 0 Å². The van der Waals surface area contributed by atoms with Gasteiger partial charge in [0.05, 0.1) is 24.1 Å². The zero-order chi connectivity index (χ0) is 19.0. The van der Waals surface area contributed by atoms with E-state index in [0.29, 0.717) is 46.8 Å². The number of ether oxygens (including phenoxy) is 1. The largest absolute Gasteiger partial charge is 0.488 e. The number of aromatic nitrogens is 3. The van der Waals surface area contributed by atoms with Crippen molar-refractivity contribution in [2.45, 2.75) is 13.5 Å². The van der Waals surface area contributed by atoms with Gasteiger partial charge in [-0.2, -0.15) is 0 Å². The summed E-state index contributed by atoms with van der Waals surface area (Å²) in [6, 6.07) is 13.1. The van der Waals surface area contributed by atoms with E-state index in [1.807, 2.05) is 6.92 Å². The Morgan fingerprint density at radius 3 is 2.59 bits per heavy atom. The van der Waals surface area contributed by atoms with E-state index >= 15 is 0 Å². The number of hydrogen-bond acceptors (Lipinski definition) is 5. The molecule has 136 valence electrons. The molecule has 4 aromatic rings. The van der Waals surface area contributed by atoms with E-state index in [1.165, 1.54) is 12.1 Å². The molecule has 2 aromatic carbocycles. The molecule has 0 aliphatic rings. The van der Waals surface area contributed by atoms with Crippen LogP contribution in [0.4, 0.5) is 10.2 Å². The summed E-state index contributed by atoms with van der Waals surface area (Å²) < 4.78 is 20.6. The van der Waals surface area contributed by atoms with Crippen molar-refractivity contribution in [2.75, 3.05) is 12.3 Å². The first-order valence-corrected chi connectivity index (χ1v) is 8.54. The summed E-state index contributed by atoms with van der Waals surface area (Å²) in [6.07, 6.45) is 0. The molecule has 0 unspecified atom stereocenters. The number of rotatable bonds is 4. The van der Waals surface area contributed by atoms with Gasteiger partial charge in [0.2, 0.25) is 0 Å². The van der Waals surface area contributed by atoms with Crippen LogP contribution in [0.2, 0.25) is 0 Å². The third-order valence-electron chi connectivity index (χ3n) is 4.32. The summed E-state index contributed by atoms with van der Waals surface area (Å²) >= 11 is 0. The van der Waals surface area contributed by atoms with Gasteiger partial charge in [-0.3, -0.25) is 4.79 Å². The summed E-state index contributed by atoms with van der Waals surface area (Å²) in [6.45, 7) is 2.54. The second kappa shape index (κ2) is 6.68. The molecule has 0 fully saturated rings. The highest BCUT2D eigenvalue weighted by atomic mass is 19.1. The molecule has 0 saturated carbocycles. The third-order valence-corrected chi connectivity index (χ3v) is 4.32. The zero-order valence-corrected chi connectivity index (χ0v) is 14.6. The number of nitrogens with two attached hydrogens (primary N) is 1. The molecule has 2 aromatic heterocycles. The average Bonchev–Trinajstić information content (AvgIpc) is 2.81. The average molecular weight is 364 g/mol. The van der Waals surface area contributed by atoms with E-state index in [1.54, 1.807) is 41.0 Å². The minimum Gasteiger partial charge on any atom is -0.488 e. The monoisotopic (exact) mass is 364 g/mol. The van der Waals surface area contributed by atoms with Crippen LogP contribution < -0.4 is 16.0 Å². The van der Waals surface area contributed by atoms with Crippen LogP contribution in [0.15, 0.2) is 53.3 Å². The minimum absolute atomic E-state index is 0.313. The van der Waals surface area contributed by atoms with Gasteiger partial charge in [0, 0.05) is 0 Å². The molecular formula is C20H17FN4O2. The number of nitrogens with zero attached hydrogens (tertiary/aromatic N) is 3. The van der Waals surface area contributed by atoms with Crippen LogP contribution in [0.1, 0.15) is 12.5 Å². The minimum atomic E-state index is -0.395. The Labute approximate surface area is 154 Å². The fraction of sp³-hybridized carbons (Fsp3) is 0.150. The number of halogens is 1. The van der Waals surface area contributed by atoms with Crippen LogP contribution in [-0.4, -0.2) is 21.1 Å². The van der Waals surface area contributed by atoms with Crippen LogP contribution in [0.25, 0.3) is 22.1 Å². The van der Waals surface area contributed by atoms with Crippen molar-refractivity contribution < 1.29 is 9.13 Å². The van der Waals surface area contributed by atoms with E-state index in [-0.39, 0.29) is 5.82 Å². The van der Waals surface area contributed by atoms with Gasteiger partial charge < -0.3 is 15.0 Å². The first-order valence-electron chi connectivity index (χ1n) is 8.54. The van der Waals surface area contributed by atoms with Crippen LogP contribution in [0, 0.1) is 5.82 Å². The number of anilines is 1. The molecular weight excluding hydrogens is 347 g/mol. The van der Waals surface area contributed by atoms with E-state index < -0.39 is 5.56 Å². The Hall–Kier alpha value is -3.48. The summed E-state index contributed by atoms with van der Waals surface area (Å²) in [4.78, 5) is 21.4. The maximum absolute atomic E-state index is 13.2. The molecule has 6 nitrogen and oxygen atoms in total. The summed E-state index contributed by atoms with van der Waals surface area (Å²) in [7, 11) is 0. The molecule has 4 rings (SSSR count). The predicted octanol–water partition coefficient (Wildman–Crippen LogP) is 3.11. The molecule has 27 heavy (non-hydrogen) atoms. The van der Waals surface area contributed by atoms with Gasteiger partial charge in [0.1, 0.15) is 5.82 Å². The van der Waals surface area contributed by atoms with Gasteiger partial charge in [0.15, 0.2) is 22.7 Å². The molecule has 7 heteroatoms. The van der Waals surface area contributed by atoms with Crippen LogP contribution in [0.5, 0.6) is 5.75 Å². The molecule has 0 spiro atoms. The summed E-state index contributed by atoms with van der Waals surface area (Å²) in [5.41, 5.74) is 8.02. The first-order chi connectivity index (χ1) is 13.1. The van der Waals surface area contributed by atoms with Gasteiger partial charge in [-0.1, -0.05) is 24.3 Å². The molecule has 0 amide bonds. The smallest absolute Gasteiger partial charge is 0.279 e. The lowest BCUT2D eigenvalue weighted by Gasteiger charge is -2.08. The fourth-order valence-corrected chi connectivity index (χ4v) is 3.05. The van der Waals surface area contributed by atoms with Crippen molar-refractivity contribution in [1.29, 1.82) is 0 Å². The summed E-state index contributed by atoms with van der Waals surface area (Å²) in [5.74, 6) is 0.345. The predicted molar refractivity (Wildman–Crippen MR) is 102 cm³/mol. The maximum Gasteiger partial charge on any atom is 0.279 e. The normalized spacial score (nSPS) is 11.2. The first kappa shape index (κ1) is 17.0. The van der Waals surface area contributed by atoms with Gasteiger partial charge >= 0.3 is 0 Å². The fourth-order valence-electron chi connectivity index (χ4n) is 3.05. The Balaban J connectivity index is 2.03.